The van der Waals surface area contributed by atoms with Crippen LogP contribution in [0.5, 0.6) is 0 Å². The number of carbonyl (C=O) groups excluding carboxylic acids is 1. The van der Waals surface area contributed by atoms with Crippen molar-refractivity contribution in [2.45, 2.75) is 12.3 Å². The van der Waals surface area contributed by atoms with E-state index in [4.69, 9.17) is 19.2 Å². The molecule has 1 saturated heterocycles. The number of phosphoric acid groups is 1. The monoisotopic (exact) mass is 220 g/mol. The molecular formula is C4H7F2O6P. The molecule has 0 saturated carbocycles. The summed E-state index contributed by atoms with van der Waals surface area (Å²) in [7, 11) is -4.64. The summed E-state index contributed by atoms with van der Waals surface area (Å²) in [5.41, 5.74) is 0. The van der Waals surface area contributed by atoms with Crippen molar-refractivity contribution in [2.24, 2.45) is 0 Å². The molecule has 0 aliphatic carbocycles. The molecule has 13 heavy (non-hydrogen) atoms. The van der Waals surface area contributed by atoms with Gasteiger partial charge in [0, 0.05) is 0 Å². The van der Waals surface area contributed by atoms with Crippen LogP contribution in [0.3, 0.4) is 0 Å². The number of halogens is 2. The molecule has 1 aliphatic heterocycles. The summed E-state index contributed by atoms with van der Waals surface area (Å²) in [6, 6.07) is 0. The smallest absolute Gasteiger partial charge is 0.461 e. The number of ether oxygens (including phenoxy) is 1. The van der Waals surface area contributed by atoms with Gasteiger partial charge in [-0.3, -0.25) is 0 Å². The van der Waals surface area contributed by atoms with Gasteiger partial charge in [0.25, 0.3) is 0 Å². The van der Waals surface area contributed by atoms with Gasteiger partial charge in [-0.2, -0.15) is 8.78 Å². The Kier molecular flexibility index (Phi) is 3.92. The Morgan fingerprint density at radius 1 is 1.38 bits per heavy atom. The van der Waals surface area contributed by atoms with Crippen LogP contribution in [0.15, 0.2) is 0 Å². The maximum Gasteiger partial charge on any atom is 0.466 e. The number of alkyl halides is 2. The molecule has 78 valence electrons. The van der Waals surface area contributed by atoms with Crippen LogP contribution in [0.1, 0.15) is 6.42 Å². The highest BCUT2D eigenvalue weighted by Gasteiger charge is 2.45. The summed E-state index contributed by atoms with van der Waals surface area (Å²) in [5, 5.41) is 0. The largest absolute Gasteiger partial charge is 0.466 e. The number of hydrogen-bond acceptors (Lipinski definition) is 3. The molecule has 1 aliphatic rings. The maximum absolute atomic E-state index is 11.9. The number of hydrogen-bond donors (Lipinski definition) is 3. The summed E-state index contributed by atoms with van der Waals surface area (Å²) < 4.78 is 36.6. The van der Waals surface area contributed by atoms with Crippen molar-refractivity contribution < 1.29 is 37.6 Å². The first-order valence-corrected chi connectivity index (χ1v) is 4.53. The highest BCUT2D eigenvalue weighted by Crippen LogP contribution is 2.26. The summed E-state index contributed by atoms with van der Waals surface area (Å²) in [6.45, 7) is -0.147. The van der Waals surface area contributed by atoms with E-state index in [1.807, 2.05) is 0 Å². The van der Waals surface area contributed by atoms with Gasteiger partial charge in [0.15, 0.2) is 0 Å². The minimum atomic E-state index is -4.64. The lowest BCUT2D eigenvalue weighted by Gasteiger charge is -1.98. The third-order valence-electron chi connectivity index (χ3n) is 0.948. The van der Waals surface area contributed by atoms with Gasteiger partial charge in [0.05, 0.1) is 13.0 Å². The first-order chi connectivity index (χ1) is 5.63. The van der Waals surface area contributed by atoms with E-state index in [0.29, 0.717) is 0 Å². The van der Waals surface area contributed by atoms with Crippen molar-refractivity contribution >= 4 is 13.8 Å². The molecule has 0 radical (unpaired) electrons. The van der Waals surface area contributed by atoms with Crippen LogP contribution >= 0.6 is 7.82 Å². The molecule has 1 fully saturated rings. The van der Waals surface area contributed by atoms with E-state index in [0.717, 1.165) is 0 Å². The van der Waals surface area contributed by atoms with Gasteiger partial charge in [-0.15, -0.1) is 0 Å². The van der Waals surface area contributed by atoms with Gasteiger partial charge in [-0.05, 0) is 0 Å². The molecule has 0 bridgehead atoms. The maximum atomic E-state index is 11.9. The fraction of sp³-hybridized carbons (Fsp3) is 0.750. The minimum absolute atomic E-state index is 0.147. The third kappa shape index (κ3) is 6.59. The van der Waals surface area contributed by atoms with Crippen molar-refractivity contribution in [1.82, 2.24) is 0 Å². The Labute approximate surface area is 71.4 Å². The Morgan fingerprint density at radius 2 is 1.77 bits per heavy atom. The fourth-order valence-electron chi connectivity index (χ4n) is 0.480. The summed E-state index contributed by atoms with van der Waals surface area (Å²) >= 11 is 0. The third-order valence-corrected chi connectivity index (χ3v) is 0.948. The van der Waals surface area contributed by atoms with Gasteiger partial charge in [0.1, 0.15) is 0 Å². The zero-order valence-electron chi connectivity index (χ0n) is 6.18. The Hall–Kier alpha value is -0.560. The molecule has 1 rings (SSSR count). The molecule has 0 aromatic rings. The van der Waals surface area contributed by atoms with Crippen LogP contribution in [-0.4, -0.2) is 33.2 Å². The van der Waals surface area contributed by atoms with E-state index in [2.05, 4.69) is 4.74 Å². The molecule has 0 amide bonds. The Bertz CT molecular complexity index is 227. The van der Waals surface area contributed by atoms with Crippen molar-refractivity contribution in [2.75, 3.05) is 6.61 Å². The zero-order valence-corrected chi connectivity index (χ0v) is 7.08. The van der Waals surface area contributed by atoms with E-state index in [1.54, 1.807) is 0 Å². The lowest BCUT2D eigenvalue weighted by Crippen LogP contribution is -2.21. The second kappa shape index (κ2) is 4.10. The van der Waals surface area contributed by atoms with Gasteiger partial charge in [-0.1, -0.05) is 0 Å². The highest BCUT2D eigenvalue weighted by atomic mass is 31.2. The molecule has 6 nitrogen and oxygen atoms in total. The predicted molar refractivity (Wildman–Crippen MR) is 34.8 cm³/mol. The van der Waals surface area contributed by atoms with Crippen LogP contribution in [-0.2, 0) is 14.1 Å². The summed E-state index contributed by atoms with van der Waals surface area (Å²) in [5.74, 6) is -4.60. The Balaban J connectivity index is 0.000000252. The van der Waals surface area contributed by atoms with Gasteiger partial charge in [-0.25, -0.2) is 9.36 Å². The highest BCUT2D eigenvalue weighted by molar-refractivity contribution is 7.45. The average Bonchev–Trinajstić information content (AvgIpc) is 2.07. The van der Waals surface area contributed by atoms with Gasteiger partial charge < -0.3 is 19.4 Å². The zero-order chi connectivity index (χ0) is 10.7. The molecule has 1 heterocycles. The van der Waals surface area contributed by atoms with Crippen molar-refractivity contribution in [1.29, 1.82) is 0 Å². The number of esters is 1. The van der Waals surface area contributed by atoms with E-state index in [9.17, 15) is 13.6 Å². The van der Waals surface area contributed by atoms with E-state index < -0.39 is 26.1 Å². The molecular weight excluding hydrogens is 213 g/mol. The van der Waals surface area contributed by atoms with Gasteiger partial charge in [0.2, 0.25) is 0 Å². The fourth-order valence-corrected chi connectivity index (χ4v) is 0.480. The molecule has 0 atom stereocenters. The molecule has 9 heteroatoms. The van der Waals surface area contributed by atoms with Crippen LogP contribution in [0, 0.1) is 0 Å². The van der Waals surface area contributed by atoms with Crippen molar-refractivity contribution in [3.63, 3.8) is 0 Å². The number of rotatable bonds is 0. The summed E-state index contributed by atoms with van der Waals surface area (Å²) in [6.07, 6.45) is -0.466. The Morgan fingerprint density at radius 3 is 1.85 bits per heavy atom. The standard InChI is InChI=1S/C4H4F2O2.H3O4P/c5-4(6)1-2-8-3(4)7;1-5(2,3)4/h1-2H2;(H3,1,2,3,4). The van der Waals surface area contributed by atoms with Crippen molar-refractivity contribution in [3.05, 3.63) is 0 Å². The van der Waals surface area contributed by atoms with Crippen LogP contribution in [0.25, 0.3) is 0 Å². The number of carbonyl (C=O) groups is 1. The average molecular weight is 220 g/mol. The van der Waals surface area contributed by atoms with Crippen LogP contribution < -0.4 is 0 Å². The van der Waals surface area contributed by atoms with E-state index in [1.165, 1.54) is 0 Å². The van der Waals surface area contributed by atoms with Gasteiger partial charge >= 0.3 is 19.7 Å². The van der Waals surface area contributed by atoms with Crippen LogP contribution in [0.4, 0.5) is 8.78 Å². The molecule has 0 unspecified atom stereocenters. The normalized spacial score (nSPS) is 20.2. The van der Waals surface area contributed by atoms with Crippen molar-refractivity contribution in [3.8, 4) is 0 Å². The molecule has 0 aromatic heterocycles. The molecule has 0 aromatic carbocycles. The molecule has 3 N–H and O–H groups in total. The topological polar surface area (TPSA) is 104 Å². The first kappa shape index (κ1) is 12.4. The lowest BCUT2D eigenvalue weighted by molar-refractivity contribution is -0.157. The predicted octanol–water partition coefficient (Wildman–Crippen LogP) is -0.360. The summed E-state index contributed by atoms with van der Waals surface area (Å²) in [4.78, 5) is 31.5. The molecule has 0 spiro atoms. The van der Waals surface area contributed by atoms with E-state index in [-0.39, 0.29) is 6.61 Å². The van der Waals surface area contributed by atoms with E-state index >= 15 is 0 Å². The van der Waals surface area contributed by atoms with Crippen LogP contribution in [0.2, 0.25) is 0 Å². The lowest BCUT2D eigenvalue weighted by atomic mass is 10.3. The first-order valence-electron chi connectivity index (χ1n) is 2.96. The number of cyclic esters (lactones) is 1. The quantitative estimate of drug-likeness (QED) is 0.380. The second-order valence-electron chi connectivity index (χ2n) is 2.10. The minimum Gasteiger partial charge on any atom is -0.461 e. The SMILES string of the molecule is O=C1OCCC1(F)F.O=P(O)(O)O. The second-order valence-corrected chi connectivity index (χ2v) is 3.13.